The zero-order valence-electron chi connectivity index (χ0n) is 50.6. The highest BCUT2D eigenvalue weighted by Gasteiger charge is 2.51. The van der Waals surface area contributed by atoms with Crippen LogP contribution in [0.3, 0.4) is 0 Å². The summed E-state index contributed by atoms with van der Waals surface area (Å²) in [4.78, 5) is 13.3. The number of hydrogen-bond acceptors (Lipinski definition) is 13. The van der Waals surface area contributed by atoms with Crippen molar-refractivity contribution in [3.05, 3.63) is 12.2 Å². The third kappa shape index (κ3) is 36.2. The Morgan fingerprint density at radius 3 is 1.20 bits per heavy atom. The van der Waals surface area contributed by atoms with Crippen molar-refractivity contribution in [2.24, 2.45) is 0 Å². The summed E-state index contributed by atoms with van der Waals surface area (Å²) >= 11 is 0. The highest BCUT2D eigenvalue weighted by atomic mass is 16.7. The average molecular weight is 1130 g/mol. The number of carbonyl (C=O) groups excluding carboxylic acids is 1. The molecule has 12 atom stereocenters. The first-order valence-electron chi connectivity index (χ1n) is 33.4. The summed E-state index contributed by atoms with van der Waals surface area (Å²) in [7, 11) is 0. The van der Waals surface area contributed by atoms with Gasteiger partial charge in [0.2, 0.25) is 5.91 Å². The molecule has 2 saturated heterocycles. The van der Waals surface area contributed by atoms with Crippen molar-refractivity contribution in [2.45, 2.75) is 376 Å². The van der Waals surface area contributed by atoms with Crippen LogP contribution >= 0.6 is 0 Å². The summed E-state index contributed by atoms with van der Waals surface area (Å²) in [6.45, 7) is 2.88. The number of amides is 1. The minimum absolute atomic E-state index is 0.201. The molecule has 0 saturated carbocycles. The fourth-order valence-electron chi connectivity index (χ4n) is 11.4. The normalized spacial score (nSPS) is 24.4. The van der Waals surface area contributed by atoms with E-state index < -0.39 is 86.8 Å². The van der Waals surface area contributed by atoms with E-state index in [1.165, 1.54) is 225 Å². The Morgan fingerprint density at radius 1 is 0.443 bits per heavy atom. The maximum absolute atomic E-state index is 13.3. The van der Waals surface area contributed by atoms with Gasteiger partial charge in [0.25, 0.3) is 0 Å². The maximum Gasteiger partial charge on any atom is 0.220 e. The Morgan fingerprint density at radius 2 is 0.797 bits per heavy atom. The van der Waals surface area contributed by atoms with E-state index in [4.69, 9.17) is 18.9 Å². The van der Waals surface area contributed by atoms with E-state index in [0.717, 1.165) is 51.4 Å². The molecule has 2 aliphatic heterocycles. The van der Waals surface area contributed by atoms with Crippen LogP contribution in [0.5, 0.6) is 0 Å². The van der Waals surface area contributed by atoms with Crippen LogP contribution in [-0.4, -0.2) is 140 Å². The van der Waals surface area contributed by atoms with E-state index in [1.807, 2.05) is 0 Å². The van der Waals surface area contributed by atoms with E-state index in [1.54, 1.807) is 0 Å². The van der Waals surface area contributed by atoms with Crippen molar-refractivity contribution < 1.29 is 64.6 Å². The fraction of sp³-hybridized carbons (Fsp3) is 0.954. The highest BCUT2D eigenvalue weighted by Crippen LogP contribution is 2.30. The number of allylic oxidation sites excluding steroid dienone is 2. The summed E-state index contributed by atoms with van der Waals surface area (Å²) in [6.07, 6.45) is 43.9. The molecule has 9 N–H and O–H groups in total. The van der Waals surface area contributed by atoms with E-state index in [0.29, 0.717) is 12.8 Å². The van der Waals surface area contributed by atoms with E-state index >= 15 is 0 Å². The molecule has 0 spiro atoms. The summed E-state index contributed by atoms with van der Waals surface area (Å²) in [6, 6.07) is -0.824. The summed E-state index contributed by atoms with van der Waals surface area (Å²) in [5.41, 5.74) is 0. The van der Waals surface area contributed by atoms with Gasteiger partial charge in [0.05, 0.1) is 32.0 Å². The van der Waals surface area contributed by atoms with Crippen LogP contribution in [0.1, 0.15) is 303 Å². The Balaban J connectivity index is 1.59. The molecule has 1 amide bonds. The van der Waals surface area contributed by atoms with Crippen LogP contribution in [0.25, 0.3) is 0 Å². The third-order valence-corrected chi connectivity index (χ3v) is 16.7. The minimum atomic E-state index is -1.78. The molecular formula is C65H125NO13. The zero-order chi connectivity index (χ0) is 57.4. The van der Waals surface area contributed by atoms with Gasteiger partial charge in [0, 0.05) is 6.42 Å². The molecule has 79 heavy (non-hydrogen) atoms. The molecule has 0 radical (unpaired) electrons. The van der Waals surface area contributed by atoms with E-state index in [-0.39, 0.29) is 12.5 Å². The molecule has 2 fully saturated rings. The molecule has 468 valence electrons. The van der Waals surface area contributed by atoms with Crippen LogP contribution in [0.2, 0.25) is 0 Å². The molecular weight excluding hydrogens is 1000 g/mol. The first-order chi connectivity index (χ1) is 38.6. The number of carbonyl (C=O) groups is 1. The van der Waals surface area contributed by atoms with Gasteiger partial charge < -0.3 is 65.1 Å². The lowest BCUT2D eigenvalue weighted by Crippen LogP contribution is -2.65. The Bertz CT molecular complexity index is 1380. The predicted molar refractivity (Wildman–Crippen MR) is 319 cm³/mol. The van der Waals surface area contributed by atoms with Crippen molar-refractivity contribution in [2.75, 3.05) is 19.8 Å². The van der Waals surface area contributed by atoms with Gasteiger partial charge in [0.15, 0.2) is 12.6 Å². The molecule has 14 heteroatoms. The van der Waals surface area contributed by atoms with E-state index in [2.05, 4.69) is 31.3 Å². The Kier molecular flexibility index (Phi) is 47.8. The Labute approximate surface area is 482 Å². The molecule has 2 heterocycles. The van der Waals surface area contributed by atoms with Crippen LogP contribution in [0, 0.1) is 0 Å². The minimum Gasteiger partial charge on any atom is -0.394 e. The SMILES string of the molecule is CCCCCCCCCC/C=C\CCCCCCCCCCCCCCCCCCCCCCCC(=O)NC(COC1OC(CO)C(OC2OC(CO)C(O)C(O)C2O)C(O)C1O)C(O)CCCCCCCCCCCCCC. The second kappa shape index (κ2) is 51.2. The monoisotopic (exact) mass is 1130 g/mol. The van der Waals surface area contributed by atoms with Gasteiger partial charge in [-0.2, -0.15) is 0 Å². The molecule has 0 aromatic rings. The fourth-order valence-corrected chi connectivity index (χ4v) is 11.4. The second-order valence-corrected chi connectivity index (χ2v) is 24.0. The van der Waals surface area contributed by atoms with Crippen molar-refractivity contribution in [3.8, 4) is 0 Å². The molecule has 2 aliphatic rings. The lowest BCUT2D eigenvalue weighted by Gasteiger charge is -2.46. The number of hydrogen-bond donors (Lipinski definition) is 9. The lowest BCUT2D eigenvalue weighted by atomic mass is 9.97. The van der Waals surface area contributed by atoms with Gasteiger partial charge in [0.1, 0.15) is 48.8 Å². The molecule has 0 aliphatic carbocycles. The maximum atomic E-state index is 13.3. The number of aliphatic hydroxyl groups is 8. The van der Waals surface area contributed by atoms with Gasteiger partial charge in [-0.3, -0.25) is 4.79 Å². The number of aliphatic hydroxyl groups excluding tert-OH is 8. The van der Waals surface area contributed by atoms with Crippen molar-refractivity contribution in [1.82, 2.24) is 5.32 Å². The predicted octanol–water partition coefficient (Wildman–Crippen LogP) is 12.6. The van der Waals surface area contributed by atoms with Crippen LogP contribution < -0.4 is 5.32 Å². The summed E-state index contributed by atoms with van der Waals surface area (Å²) in [5, 5.41) is 87.3. The smallest absolute Gasteiger partial charge is 0.220 e. The first kappa shape index (κ1) is 73.8. The standard InChI is InChI=1S/C65H125NO13/c1-3-5-7-9-11-13-15-17-18-19-20-21-22-23-24-25-26-27-28-29-30-31-32-33-34-35-36-37-39-41-43-45-47-49-57(70)66-53(54(69)48-46-44-42-40-38-16-14-12-10-8-6-4-2)52-76-64-62(75)60(73)63(56(51-68)78-64)79-65-61(74)59(72)58(71)55(50-67)77-65/h19-20,53-56,58-65,67-69,71-75H,3-18,21-52H2,1-2H3,(H,66,70)/b20-19-. The van der Waals surface area contributed by atoms with Gasteiger partial charge in [-0.25, -0.2) is 0 Å². The number of unbranched alkanes of at least 4 members (excludes halogenated alkanes) is 40. The topological polar surface area (TPSA) is 228 Å². The van der Waals surface area contributed by atoms with Crippen LogP contribution in [0.4, 0.5) is 0 Å². The number of rotatable bonds is 55. The van der Waals surface area contributed by atoms with Crippen molar-refractivity contribution >= 4 is 5.91 Å². The first-order valence-corrected chi connectivity index (χ1v) is 33.4. The molecule has 14 nitrogen and oxygen atoms in total. The van der Waals surface area contributed by atoms with Crippen molar-refractivity contribution in [3.63, 3.8) is 0 Å². The largest absolute Gasteiger partial charge is 0.394 e. The van der Waals surface area contributed by atoms with Crippen LogP contribution in [-0.2, 0) is 23.7 Å². The quantitative estimate of drug-likeness (QED) is 0.0204. The number of nitrogens with one attached hydrogen (secondary N) is 1. The van der Waals surface area contributed by atoms with Crippen LogP contribution in [0.15, 0.2) is 12.2 Å². The number of ether oxygens (including phenoxy) is 4. The van der Waals surface area contributed by atoms with Gasteiger partial charge in [-0.15, -0.1) is 0 Å². The molecule has 0 bridgehead atoms. The van der Waals surface area contributed by atoms with Gasteiger partial charge >= 0.3 is 0 Å². The van der Waals surface area contributed by atoms with E-state index in [9.17, 15) is 45.6 Å². The highest BCUT2D eigenvalue weighted by molar-refractivity contribution is 5.76. The van der Waals surface area contributed by atoms with Gasteiger partial charge in [-0.1, -0.05) is 270 Å². The molecule has 0 aromatic carbocycles. The third-order valence-electron chi connectivity index (χ3n) is 16.7. The van der Waals surface area contributed by atoms with Gasteiger partial charge in [-0.05, 0) is 38.5 Å². The lowest BCUT2D eigenvalue weighted by molar-refractivity contribution is -0.359. The average Bonchev–Trinajstić information content (AvgIpc) is 3.49. The summed E-state index contributed by atoms with van der Waals surface area (Å²) < 4.78 is 22.8. The molecule has 12 unspecified atom stereocenters. The second-order valence-electron chi connectivity index (χ2n) is 24.0. The molecule has 0 aromatic heterocycles. The summed E-state index contributed by atoms with van der Waals surface area (Å²) in [5.74, 6) is -0.201. The zero-order valence-corrected chi connectivity index (χ0v) is 50.6. The molecule has 2 rings (SSSR count). The Hall–Kier alpha value is -1.27. The van der Waals surface area contributed by atoms with Crippen molar-refractivity contribution in [1.29, 1.82) is 0 Å².